The number of aromatic nitrogens is 1. The summed E-state index contributed by atoms with van der Waals surface area (Å²) < 4.78 is 4.83. The van der Waals surface area contributed by atoms with Crippen molar-refractivity contribution < 1.29 is 44.1 Å². The highest BCUT2D eigenvalue weighted by Crippen LogP contribution is 2.53. The van der Waals surface area contributed by atoms with Crippen LogP contribution >= 0.6 is 0 Å². The summed E-state index contributed by atoms with van der Waals surface area (Å²) >= 11 is 0. The minimum atomic E-state index is -2.64. The van der Waals surface area contributed by atoms with Gasteiger partial charge in [0.15, 0.2) is 11.4 Å². The molecule has 0 saturated heterocycles. The summed E-state index contributed by atoms with van der Waals surface area (Å²) in [5, 5.41) is 50.7. The third-order valence-electron chi connectivity index (χ3n) is 7.70. The smallest absolute Gasteiger partial charge is 0.290 e. The first-order chi connectivity index (χ1) is 18.4. The fourth-order valence-corrected chi connectivity index (χ4v) is 5.85. The van der Waals surface area contributed by atoms with Crippen molar-refractivity contribution in [2.24, 2.45) is 17.6 Å². The van der Waals surface area contributed by atoms with Crippen molar-refractivity contribution in [2.75, 3.05) is 19.0 Å². The first-order valence-corrected chi connectivity index (χ1v) is 12.1. The molecule has 0 aliphatic heterocycles. The maximum atomic E-state index is 13.7. The molecule has 1 fully saturated rings. The number of primary amides is 1. The number of carbonyl (C=O) groups excluding carboxylic acids is 4. The molecule has 3 atom stereocenters. The van der Waals surface area contributed by atoms with E-state index in [9.17, 15) is 39.6 Å². The number of phenolic OH excluding ortho intramolecular Hbond substituents is 1. The van der Waals surface area contributed by atoms with Crippen LogP contribution in [0.1, 0.15) is 40.1 Å². The van der Waals surface area contributed by atoms with E-state index in [1.165, 1.54) is 12.3 Å². The molecule has 0 spiro atoms. The van der Waals surface area contributed by atoms with E-state index in [1.807, 2.05) is 0 Å². The molecular formula is C26H26N4O9. The number of aliphatic hydroxyl groups excluding tert-OH is 2. The molecule has 2 aromatic rings. The standard InChI is InChI=1S/C26H26N4O9/c1-30(2)14-7-11(9-28-25(37)16-3-4-29-39-16)20(32)18-13(14)6-10-5-12-8-15(31)19(24(27)36)23(35)26(12,38)22(34)17(10)21(18)33/h3-4,7,10,12,32-33,35,38H,5-6,8-9H2,1-2H3,(H2,27,36)(H,28,37). The van der Waals surface area contributed by atoms with Gasteiger partial charge in [-0.15, -0.1) is 0 Å². The number of ketones is 2. The first-order valence-electron chi connectivity index (χ1n) is 12.1. The normalized spacial score (nSPS) is 24.2. The Kier molecular flexibility index (Phi) is 5.98. The van der Waals surface area contributed by atoms with Gasteiger partial charge in [-0.3, -0.25) is 19.2 Å². The lowest BCUT2D eigenvalue weighted by atomic mass is 9.59. The zero-order chi connectivity index (χ0) is 28.4. The molecule has 1 aromatic heterocycles. The number of Topliss-reactive ketones (excluding diaryl/α,β-unsaturated/α-hetero) is 2. The van der Waals surface area contributed by atoms with E-state index in [2.05, 4.69) is 10.5 Å². The minimum Gasteiger partial charge on any atom is -0.508 e. The second-order valence-electron chi connectivity index (χ2n) is 10.1. The largest absolute Gasteiger partial charge is 0.508 e. The number of rotatable bonds is 5. The van der Waals surface area contributed by atoms with Gasteiger partial charge in [0.05, 0.1) is 11.8 Å². The van der Waals surface area contributed by atoms with E-state index in [0.717, 1.165) is 0 Å². The zero-order valence-corrected chi connectivity index (χ0v) is 21.0. The summed E-state index contributed by atoms with van der Waals surface area (Å²) in [6.07, 6.45) is 1.11. The Bertz CT molecular complexity index is 1510. The van der Waals surface area contributed by atoms with Crippen molar-refractivity contribution in [1.29, 1.82) is 0 Å². The van der Waals surface area contributed by atoms with Crippen LogP contribution in [0, 0.1) is 11.8 Å². The van der Waals surface area contributed by atoms with Gasteiger partial charge in [-0.1, -0.05) is 5.16 Å². The minimum absolute atomic E-state index is 0.0333. The highest BCUT2D eigenvalue weighted by Gasteiger charge is 2.60. The van der Waals surface area contributed by atoms with Gasteiger partial charge < -0.3 is 40.9 Å². The van der Waals surface area contributed by atoms with Crippen molar-refractivity contribution in [1.82, 2.24) is 10.5 Å². The van der Waals surface area contributed by atoms with Gasteiger partial charge in [-0.25, -0.2) is 0 Å². The van der Waals surface area contributed by atoms with Crippen LogP contribution in [0.4, 0.5) is 5.69 Å². The predicted octanol–water partition coefficient (Wildman–Crippen LogP) is 0.408. The van der Waals surface area contributed by atoms with Crippen LogP contribution in [0.5, 0.6) is 5.75 Å². The molecule has 2 amide bonds. The van der Waals surface area contributed by atoms with Crippen LogP contribution < -0.4 is 16.0 Å². The predicted molar refractivity (Wildman–Crippen MR) is 133 cm³/mol. The Hall–Kier alpha value is -4.65. The number of aliphatic hydroxyl groups is 3. The summed E-state index contributed by atoms with van der Waals surface area (Å²) in [5.41, 5.74) is 2.77. The average molecular weight is 539 g/mol. The second-order valence-corrected chi connectivity index (χ2v) is 10.1. The quantitative estimate of drug-likeness (QED) is 0.286. The van der Waals surface area contributed by atoms with Crippen molar-refractivity contribution in [2.45, 2.75) is 31.4 Å². The molecule has 3 unspecified atom stereocenters. The van der Waals surface area contributed by atoms with Gasteiger partial charge in [0, 0.05) is 55.9 Å². The Morgan fingerprint density at radius 1 is 1.23 bits per heavy atom. The molecule has 204 valence electrons. The van der Waals surface area contributed by atoms with Gasteiger partial charge >= 0.3 is 0 Å². The highest BCUT2D eigenvalue weighted by molar-refractivity contribution is 6.22. The van der Waals surface area contributed by atoms with Crippen molar-refractivity contribution in [3.8, 4) is 5.75 Å². The average Bonchev–Trinajstić information content (AvgIpc) is 3.40. The number of phenols is 1. The molecule has 7 N–H and O–H groups in total. The van der Waals surface area contributed by atoms with Gasteiger partial charge in [-0.2, -0.15) is 0 Å². The van der Waals surface area contributed by atoms with E-state index in [1.54, 1.807) is 25.1 Å². The lowest BCUT2D eigenvalue weighted by molar-refractivity contribution is -0.147. The van der Waals surface area contributed by atoms with E-state index in [-0.39, 0.29) is 41.8 Å². The number of hydrogen-bond acceptors (Lipinski definition) is 11. The summed E-state index contributed by atoms with van der Waals surface area (Å²) in [5.74, 6) is -7.60. The van der Waals surface area contributed by atoms with Crippen LogP contribution in [0.2, 0.25) is 0 Å². The molecule has 39 heavy (non-hydrogen) atoms. The third-order valence-corrected chi connectivity index (χ3v) is 7.70. The van der Waals surface area contributed by atoms with Crippen LogP contribution in [0.25, 0.3) is 5.76 Å². The number of nitrogens with one attached hydrogen (secondary N) is 1. The molecule has 1 saturated carbocycles. The lowest BCUT2D eigenvalue weighted by Crippen LogP contribution is -2.58. The molecule has 3 aliphatic rings. The third kappa shape index (κ3) is 3.76. The van der Waals surface area contributed by atoms with Crippen molar-refractivity contribution >= 4 is 34.8 Å². The number of amides is 2. The molecule has 1 aromatic carbocycles. The van der Waals surface area contributed by atoms with Crippen LogP contribution in [-0.2, 0) is 27.3 Å². The SMILES string of the molecule is CN(C)c1cc(CNC(=O)c2ccno2)c(O)c2c1CC1CC3CC(=O)C(C(N)=O)=C(O)C3(O)C(=O)C1=C2O. The number of nitrogens with two attached hydrogens (primary N) is 1. The number of benzene rings is 1. The molecule has 3 aliphatic carbocycles. The van der Waals surface area contributed by atoms with E-state index in [0.29, 0.717) is 11.3 Å². The van der Waals surface area contributed by atoms with Gasteiger partial charge in [0.25, 0.3) is 11.8 Å². The summed E-state index contributed by atoms with van der Waals surface area (Å²) in [7, 11) is 3.50. The molecular weight excluding hydrogens is 512 g/mol. The van der Waals surface area contributed by atoms with E-state index < -0.39 is 70.1 Å². The number of aromatic hydroxyl groups is 1. The maximum Gasteiger partial charge on any atom is 0.290 e. The fraction of sp³-hybridized carbons (Fsp3) is 0.346. The zero-order valence-electron chi connectivity index (χ0n) is 21.0. The Labute approximate surface area is 221 Å². The number of fused-ring (bicyclic) bond motifs is 3. The lowest BCUT2D eigenvalue weighted by Gasteiger charge is -2.46. The topological polar surface area (TPSA) is 217 Å². The van der Waals surface area contributed by atoms with Gasteiger partial charge in [0.2, 0.25) is 11.5 Å². The second kappa shape index (κ2) is 8.98. The number of anilines is 1. The molecule has 1 heterocycles. The van der Waals surface area contributed by atoms with Crippen LogP contribution in [0.3, 0.4) is 0 Å². The number of hydrogen-bond donors (Lipinski definition) is 6. The first kappa shape index (κ1) is 26.0. The molecule has 13 nitrogen and oxygen atoms in total. The molecule has 13 heteroatoms. The molecule has 0 radical (unpaired) electrons. The van der Waals surface area contributed by atoms with Crippen LogP contribution in [-0.4, -0.2) is 68.7 Å². The monoisotopic (exact) mass is 538 g/mol. The van der Waals surface area contributed by atoms with Gasteiger partial charge in [0.1, 0.15) is 22.8 Å². The van der Waals surface area contributed by atoms with Crippen LogP contribution in [0.15, 0.2) is 39.8 Å². The van der Waals surface area contributed by atoms with E-state index >= 15 is 0 Å². The summed E-state index contributed by atoms with van der Waals surface area (Å²) in [6.45, 7) is -0.168. The number of nitrogens with zero attached hydrogens (tertiary/aromatic N) is 2. The Balaban J connectivity index is 1.62. The molecule has 5 rings (SSSR count). The maximum absolute atomic E-state index is 13.7. The number of carbonyl (C=O) groups is 4. The van der Waals surface area contributed by atoms with E-state index in [4.69, 9.17) is 10.3 Å². The van der Waals surface area contributed by atoms with Crippen molar-refractivity contribution in [3.05, 3.63) is 57.7 Å². The fourth-order valence-electron chi connectivity index (χ4n) is 5.85. The van der Waals surface area contributed by atoms with Gasteiger partial charge in [-0.05, 0) is 30.4 Å². The highest BCUT2D eigenvalue weighted by atomic mass is 16.5. The summed E-state index contributed by atoms with van der Waals surface area (Å²) in [6, 6.07) is 3.01. The van der Waals surface area contributed by atoms with Crippen molar-refractivity contribution in [3.63, 3.8) is 0 Å². The summed E-state index contributed by atoms with van der Waals surface area (Å²) in [4.78, 5) is 52.1. The Morgan fingerprint density at radius 3 is 2.56 bits per heavy atom. The molecule has 0 bridgehead atoms. The Morgan fingerprint density at radius 2 is 1.95 bits per heavy atom.